The highest BCUT2D eigenvalue weighted by Crippen LogP contribution is 2.15. The van der Waals surface area contributed by atoms with Crippen molar-refractivity contribution < 1.29 is 0 Å². The number of aryl methyl sites for hydroxylation is 1. The summed E-state index contributed by atoms with van der Waals surface area (Å²) in [6.45, 7) is 6.10. The Morgan fingerprint density at radius 1 is 1.53 bits per heavy atom. The lowest BCUT2D eigenvalue weighted by molar-refractivity contribution is 0.505. The van der Waals surface area contributed by atoms with Gasteiger partial charge in [-0.2, -0.15) is 5.10 Å². The van der Waals surface area contributed by atoms with Gasteiger partial charge in [0.1, 0.15) is 16.0 Å². The summed E-state index contributed by atoms with van der Waals surface area (Å²) >= 11 is 7.19. The molecular weight excluding hydrogens is 260 g/mol. The van der Waals surface area contributed by atoms with Crippen LogP contribution >= 0.6 is 22.9 Å². The SMILES string of the molecule is Cc1nn(C(C)C)c(=O)n1Cc1nc(Cl)cs1. The zero-order valence-corrected chi connectivity index (χ0v) is 11.4. The largest absolute Gasteiger partial charge is 0.346 e. The summed E-state index contributed by atoms with van der Waals surface area (Å²) in [6.07, 6.45) is 0. The molecule has 0 aliphatic heterocycles. The molecule has 0 aliphatic rings. The Morgan fingerprint density at radius 2 is 2.24 bits per heavy atom. The smallest absolute Gasteiger partial charge is 0.272 e. The van der Waals surface area contributed by atoms with Gasteiger partial charge >= 0.3 is 5.69 Å². The molecule has 0 fully saturated rings. The standard InChI is InChI=1S/C10H13ClN4OS/c1-6(2)15-10(16)14(7(3)13-15)4-9-12-8(11)5-17-9/h5-6H,4H2,1-3H3. The van der Waals surface area contributed by atoms with Crippen LogP contribution in [0.4, 0.5) is 0 Å². The van der Waals surface area contributed by atoms with Crippen LogP contribution in [-0.4, -0.2) is 19.3 Å². The molecule has 17 heavy (non-hydrogen) atoms. The van der Waals surface area contributed by atoms with Crippen LogP contribution in [0.1, 0.15) is 30.7 Å². The van der Waals surface area contributed by atoms with Crippen LogP contribution < -0.4 is 5.69 Å². The third-order valence-electron chi connectivity index (χ3n) is 2.38. The Labute approximate surface area is 108 Å². The van der Waals surface area contributed by atoms with Gasteiger partial charge in [-0.1, -0.05) is 11.6 Å². The molecule has 2 aromatic heterocycles. The molecule has 2 rings (SSSR count). The van der Waals surface area contributed by atoms with E-state index in [1.54, 1.807) is 9.95 Å². The molecule has 0 atom stereocenters. The topological polar surface area (TPSA) is 52.7 Å². The van der Waals surface area contributed by atoms with E-state index in [1.807, 2.05) is 20.8 Å². The monoisotopic (exact) mass is 272 g/mol. The predicted octanol–water partition coefficient (Wildman–Crippen LogP) is 2.09. The Balaban J connectivity index is 2.36. The predicted molar refractivity (Wildman–Crippen MR) is 67.8 cm³/mol. The number of nitrogens with zero attached hydrogens (tertiary/aromatic N) is 4. The van der Waals surface area contributed by atoms with E-state index in [9.17, 15) is 4.79 Å². The van der Waals surface area contributed by atoms with Gasteiger partial charge in [0.05, 0.1) is 12.6 Å². The third-order valence-corrected chi connectivity index (χ3v) is 3.53. The minimum Gasteiger partial charge on any atom is -0.272 e. The van der Waals surface area contributed by atoms with E-state index in [-0.39, 0.29) is 11.7 Å². The van der Waals surface area contributed by atoms with Gasteiger partial charge in [-0.05, 0) is 20.8 Å². The van der Waals surface area contributed by atoms with Gasteiger partial charge in [0.2, 0.25) is 0 Å². The summed E-state index contributed by atoms with van der Waals surface area (Å²) in [7, 11) is 0. The molecular formula is C10H13ClN4OS. The lowest BCUT2D eigenvalue weighted by Gasteiger charge is -2.01. The van der Waals surface area contributed by atoms with E-state index in [0.29, 0.717) is 17.5 Å². The van der Waals surface area contributed by atoms with Crippen LogP contribution in [-0.2, 0) is 6.54 Å². The van der Waals surface area contributed by atoms with Crippen molar-refractivity contribution in [2.24, 2.45) is 0 Å². The van der Waals surface area contributed by atoms with Gasteiger partial charge in [0.25, 0.3) is 0 Å². The van der Waals surface area contributed by atoms with Gasteiger partial charge in [0.15, 0.2) is 0 Å². The number of thiazole rings is 1. The third kappa shape index (κ3) is 2.42. The number of aromatic nitrogens is 4. The molecule has 2 heterocycles. The van der Waals surface area contributed by atoms with Crippen molar-refractivity contribution in [3.63, 3.8) is 0 Å². The van der Waals surface area contributed by atoms with Crippen LogP contribution in [0.15, 0.2) is 10.2 Å². The molecule has 2 aromatic rings. The van der Waals surface area contributed by atoms with Crippen LogP contribution in [0.5, 0.6) is 0 Å². The van der Waals surface area contributed by atoms with E-state index in [0.717, 1.165) is 5.01 Å². The Kier molecular flexibility index (Phi) is 3.35. The molecule has 92 valence electrons. The zero-order chi connectivity index (χ0) is 12.6. The molecule has 7 heteroatoms. The first-order chi connectivity index (χ1) is 7.99. The molecule has 0 radical (unpaired) electrons. The van der Waals surface area contributed by atoms with Gasteiger partial charge in [0, 0.05) is 5.38 Å². The van der Waals surface area contributed by atoms with Crippen molar-refractivity contribution in [1.82, 2.24) is 19.3 Å². The van der Waals surface area contributed by atoms with E-state index in [1.165, 1.54) is 16.0 Å². The van der Waals surface area contributed by atoms with E-state index >= 15 is 0 Å². The van der Waals surface area contributed by atoms with Crippen molar-refractivity contribution in [3.8, 4) is 0 Å². The second kappa shape index (κ2) is 4.62. The Morgan fingerprint density at radius 3 is 2.71 bits per heavy atom. The van der Waals surface area contributed by atoms with Gasteiger partial charge < -0.3 is 0 Å². The fourth-order valence-corrected chi connectivity index (χ4v) is 2.46. The fraction of sp³-hybridized carbons (Fsp3) is 0.500. The normalized spacial score (nSPS) is 11.4. The lowest BCUT2D eigenvalue weighted by atomic mass is 10.4. The maximum absolute atomic E-state index is 12.0. The maximum atomic E-state index is 12.0. The summed E-state index contributed by atoms with van der Waals surface area (Å²) in [5.74, 6) is 0.690. The van der Waals surface area contributed by atoms with Crippen molar-refractivity contribution >= 4 is 22.9 Å². The van der Waals surface area contributed by atoms with Crippen LogP contribution in [0.2, 0.25) is 5.15 Å². The minimum atomic E-state index is -0.108. The second-order valence-corrected chi connectivity index (χ2v) is 5.35. The van der Waals surface area contributed by atoms with Gasteiger partial charge in [-0.25, -0.2) is 14.5 Å². The summed E-state index contributed by atoms with van der Waals surface area (Å²) in [5.41, 5.74) is -0.108. The molecule has 0 N–H and O–H groups in total. The molecule has 0 saturated carbocycles. The molecule has 5 nitrogen and oxygen atoms in total. The molecule has 0 bridgehead atoms. The molecule has 0 saturated heterocycles. The highest BCUT2D eigenvalue weighted by atomic mass is 35.5. The lowest BCUT2D eigenvalue weighted by Crippen LogP contribution is -2.26. The van der Waals surface area contributed by atoms with Crippen LogP contribution in [0.3, 0.4) is 0 Å². The van der Waals surface area contributed by atoms with Gasteiger partial charge in [-0.15, -0.1) is 11.3 Å². The van der Waals surface area contributed by atoms with E-state index in [2.05, 4.69) is 10.1 Å². The van der Waals surface area contributed by atoms with Crippen LogP contribution in [0.25, 0.3) is 0 Å². The number of halogens is 1. The molecule has 0 aliphatic carbocycles. The highest BCUT2D eigenvalue weighted by Gasteiger charge is 2.13. The fourth-order valence-electron chi connectivity index (χ4n) is 1.53. The number of rotatable bonds is 3. The first-order valence-electron chi connectivity index (χ1n) is 5.25. The highest BCUT2D eigenvalue weighted by molar-refractivity contribution is 7.10. The average molecular weight is 273 g/mol. The van der Waals surface area contributed by atoms with Crippen molar-refractivity contribution in [3.05, 3.63) is 31.8 Å². The van der Waals surface area contributed by atoms with E-state index in [4.69, 9.17) is 11.6 Å². The molecule has 0 spiro atoms. The van der Waals surface area contributed by atoms with Crippen molar-refractivity contribution in [2.45, 2.75) is 33.4 Å². The summed E-state index contributed by atoms with van der Waals surface area (Å²) < 4.78 is 3.08. The Hall–Kier alpha value is -1.14. The summed E-state index contributed by atoms with van der Waals surface area (Å²) in [4.78, 5) is 16.2. The van der Waals surface area contributed by atoms with Crippen LogP contribution in [0, 0.1) is 6.92 Å². The Bertz CT molecular complexity index is 583. The first kappa shape index (κ1) is 12.3. The summed E-state index contributed by atoms with van der Waals surface area (Å²) in [6, 6.07) is 0.0577. The first-order valence-corrected chi connectivity index (χ1v) is 6.50. The molecule has 0 amide bonds. The van der Waals surface area contributed by atoms with Crippen molar-refractivity contribution in [1.29, 1.82) is 0 Å². The molecule has 0 aromatic carbocycles. The van der Waals surface area contributed by atoms with E-state index < -0.39 is 0 Å². The maximum Gasteiger partial charge on any atom is 0.346 e. The minimum absolute atomic E-state index is 0.0577. The number of hydrogen-bond donors (Lipinski definition) is 0. The quantitative estimate of drug-likeness (QED) is 0.860. The number of hydrogen-bond acceptors (Lipinski definition) is 4. The summed E-state index contributed by atoms with van der Waals surface area (Å²) in [5, 5.41) is 7.25. The van der Waals surface area contributed by atoms with Gasteiger partial charge in [-0.3, -0.25) is 4.57 Å². The molecule has 0 unspecified atom stereocenters. The van der Waals surface area contributed by atoms with Crippen molar-refractivity contribution in [2.75, 3.05) is 0 Å². The zero-order valence-electron chi connectivity index (χ0n) is 9.85. The second-order valence-electron chi connectivity index (χ2n) is 4.02. The average Bonchev–Trinajstić information content (AvgIpc) is 2.77.